The van der Waals surface area contributed by atoms with Crippen molar-refractivity contribution in [2.75, 3.05) is 105 Å². The predicted molar refractivity (Wildman–Crippen MR) is 187 cm³/mol. The number of hydrogen-bond acceptors (Lipinski definition) is 16. The van der Waals surface area contributed by atoms with Crippen molar-refractivity contribution in [3.8, 4) is 0 Å². The van der Waals surface area contributed by atoms with Gasteiger partial charge in [0.2, 0.25) is 23.6 Å². The SMILES string of the molecule is CP(=O)(O)OC1CCC(C(=O)NCCCCC(C(=O)NCCOCCON)N(CC(=O)NCCOCCON)CC(=O)NCCOCCON)CC1. The number of hydrogen-bond donors (Lipinski definition) is 8. The molecule has 1 rings (SSSR count). The summed E-state index contributed by atoms with van der Waals surface area (Å²) in [5, 5.41) is 11.2. The molecule has 0 spiro atoms. The highest BCUT2D eigenvalue weighted by Gasteiger charge is 2.31. The molecule has 0 aromatic carbocycles. The van der Waals surface area contributed by atoms with Crippen LogP contribution in [0.15, 0.2) is 0 Å². The van der Waals surface area contributed by atoms with Crippen LogP contribution in [0.3, 0.4) is 0 Å². The van der Waals surface area contributed by atoms with E-state index in [1.807, 2.05) is 0 Å². The van der Waals surface area contributed by atoms with Gasteiger partial charge in [0.15, 0.2) is 0 Å². The van der Waals surface area contributed by atoms with Gasteiger partial charge in [0.25, 0.3) is 0 Å². The number of unbranched alkanes of at least 4 members (excludes halogenated alkanes) is 1. The molecule has 1 fully saturated rings. The summed E-state index contributed by atoms with van der Waals surface area (Å²) < 4.78 is 32.8. The average molecular weight is 773 g/mol. The molecule has 0 aromatic heterocycles. The van der Waals surface area contributed by atoms with Gasteiger partial charge >= 0.3 is 7.60 Å². The highest BCUT2D eigenvalue weighted by atomic mass is 31.2. The maximum absolute atomic E-state index is 13.5. The molecule has 0 aromatic rings. The second-order valence-electron chi connectivity index (χ2n) is 12.0. The van der Waals surface area contributed by atoms with E-state index in [4.69, 9.17) is 36.4 Å². The second kappa shape index (κ2) is 30.0. The molecule has 1 saturated carbocycles. The number of carbonyl (C=O) groups excluding carboxylic acids is 4. The number of nitrogens with one attached hydrogen (secondary N) is 4. The Bertz CT molecular complexity index is 1010. The zero-order chi connectivity index (χ0) is 38.5. The summed E-state index contributed by atoms with van der Waals surface area (Å²) in [4.78, 5) is 76.6. The molecule has 11 N–H and O–H groups in total. The fraction of sp³-hybridized carbons (Fsp3) is 0.867. The lowest BCUT2D eigenvalue weighted by molar-refractivity contribution is -0.132. The van der Waals surface area contributed by atoms with Gasteiger partial charge in [0.05, 0.1) is 84.7 Å². The number of ether oxygens (including phenoxy) is 3. The monoisotopic (exact) mass is 772 g/mol. The first-order valence-electron chi connectivity index (χ1n) is 17.5. The Balaban J connectivity index is 2.85. The van der Waals surface area contributed by atoms with Crippen molar-refractivity contribution in [2.45, 2.75) is 57.1 Å². The van der Waals surface area contributed by atoms with E-state index in [9.17, 15) is 28.6 Å². The summed E-state index contributed by atoms with van der Waals surface area (Å²) in [7, 11) is -3.59. The molecule has 2 atom stereocenters. The Morgan fingerprint density at radius 1 is 0.692 bits per heavy atom. The summed E-state index contributed by atoms with van der Waals surface area (Å²) in [5.74, 6) is 13.4. The molecule has 0 heterocycles. The lowest BCUT2D eigenvalue weighted by Crippen LogP contribution is -2.54. The van der Waals surface area contributed by atoms with Gasteiger partial charge in [-0.3, -0.25) is 28.6 Å². The van der Waals surface area contributed by atoms with E-state index in [0.717, 1.165) is 6.66 Å². The summed E-state index contributed by atoms with van der Waals surface area (Å²) in [6.45, 7) is 3.40. The van der Waals surface area contributed by atoms with Crippen LogP contribution in [0.2, 0.25) is 0 Å². The lowest BCUT2D eigenvalue weighted by Gasteiger charge is -2.30. The molecular formula is C30H61N8O13P. The third-order valence-electron chi connectivity index (χ3n) is 7.75. The van der Waals surface area contributed by atoms with Crippen molar-refractivity contribution in [3.05, 3.63) is 0 Å². The van der Waals surface area contributed by atoms with Crippen LogP contribution in [0.5, 0.6) is 0 Å². The second-order valence-corrected chi connectivity index (χ2v) is 13.8. The molecule has 304 valence electrons. The minimum atomic E-state index is -3.59. The first-order valence-corrected chi connectivity index (χ1v) is 19.5. The van der Waals surface area contributed by atoms with E-state index >= 15 is 0 Å². The van der Waals surface area contributed by atoms with Crippen molar-refractivity contribution < 1.29 is 61.9 Å². The largest absolute Gasteiger partial charge is 0.377 e. The molecule has 0 saturated heterocycles. The van der Waals surface area contributed by atoms with Crippen LogP contribution in [0.4, 0.5) is 0 Å². The zero-order valence-electron chi connectivity index (χ0n) is 30.3. The first-order chi connectivity index (χ1) is 25.0. The van der Waals surface area contributed by atoms with Crippen molar-refractivity contribution >= 4 is 31.2 Å². The molecule has 4 amide bonds. The molecule has 21 nitrogen and oxygen atoms in total. The van der Waals surface area contributed by atoms with Crippen molar-refractivity contribution in [1.29, 1.82) is 0 Å². The quantitative estimate of drug-likeness (QED) is 0.0198. The highest BCUT2D eigenvalue weighted by Crippen LogP contribution is 2.42. The normalized spacial score (nSPS) is 17.7. The van der Waals surface area contributed by atoms with Gasteiger partial charge in [-0.1, -0.05) is 0 Å². The Morgan fingerprint density at radius 3 is 1.63 bits per heavy atom. The molecule has 0 aliphatic heterocycles. The summed E-state index contributed by atoms with van der Waals surface area (Å²) in [6.07, 6.45) is 3.06. The summed E-state index contributed by atoms with van der Waals surface area (Å²) in [5.41, 5.74) is 0. The van der Waals surface area contributed by atoms with Crippen LogP contribution in [-0.2, 0) is 57.0 Å². The van der Waals surface area contributed by atoms with Crippen LogP contribution < -0.4 is 39.0 Å². The number of nitrogens with zero attached hydrogens (tertiary/aromatic N) is 1. The number of nitrogens with two attached hydrogens (primary N) is 3. The van der Waals surface area contributed by atoms with Crippen LogP contribution >= 0.6 is 7.60 Å². The maximum Gasteiger partial charge on any atom is 0.325 e. The van der Waals surface area contributed by atoms with E-state index < -0.39 is 31.4 Å². The van der Waals surface area contributed by atoms with E-state index in [1.54, 1.807) is 0 Å². The van der Waals surface area contributed by atoms with Crippen LogP contribution in [0.25, 0.3) is 0 Å². The molecular weight excluding hydrogens is 711 g/mol. The number of rotatable bonds is 32. The minimum absolute atomic E-state index is 0.106. The van der Waals surface area contributed by atoms with Gasteiger partial charge < -0.3 is 59.4 Å². The molecule has 2 unspecified atom stereocenters. The fourth-order valence-corrected chi connectivity index (χ4v) is 6.04. The van der Waals surface area contributed by atoms with E-state index in [2.05, 4.69) is 35.8 Å². The minimum Gasteiger partial charge on any atom is -0.377 e. The molecule has 0 bridgehead atoms. The smallest absolute Gasteiger partial charge is 0.325 e. The van der Waals surface area contributed by atoms with Gasteiger partial charge in [-0.2, -0.15) is 0 Å². The van der Waals surface area contributed by atoms with E-state index in [-0.39, 0.29) is 117 Å². The Labute approximate surface area is 305 Å². The van der Waals surface area contributed by atoms with Crippen LogP contribution in [0.1, 0.15) is 44.9 Å². The Hall–Kier alpha value is -2.37. The van der Waals surface area contributed by atoms with Crippen molar-refractivity contribution in [3.63, 3.8) is 0 Å². The van der Waals surface area contributed by atoms with Gasteiger partial charge in [0.1, 0.15) is 0 Å². The fourth-order valence-electron chi connectivity index (χ4n) is 5.28. The Morgan fingerprint density at radius 2 is 1.17 bits per heavy atom. The van der Waals surface area contributed by atoms with Crippen LogP contribution in [-0.4, -0.2) is 151 Å². The predicted octanol–water partition coefficient (Wildman–Crippen LogP) is -2.60. The highest BCUT2D eigenvalue weighted by molar-refractivity contribution is 7.51. The molecule has 1 aliphatic rings. The molecule has 0 radical (unpaired) electrons. The first kappa shape index (κ1) is 47.7. The zero-order valence-corrected chi connectivity index (χ0v) is 31.2. The molecule has 52 heavy (non-hydrogen) atoms. The van der Waals surface area contributed by atoms with E-state index in [1.165, 1.54) is 4.90 Å². The third kappa shape index (κ3) is 24.8. The van der Waals surface area contributed by atoms with Gasteiger partial charge in [-0.15, -0.1) is 0 Å². The average Bonchev–Trinajstić information content (AvgIpc) is 3.10. The summed E-state index contributed by atoms with van der Waals surface area (Å²) in [6, 6.07) is -0.883. The van der Waals surface area contributed by atoms with Crippen molar-refractivity contribution in [2.24, 2.45) is 23.6 Å². The third-order valence-corrected chi connectivity index (χ3v) is 8.44. The summed E-state index contributed by atoms with van der Waals surface area (Å²) >= 11 is 0. The molecule has 22 heteroatoms. The van der Waals surface area contributed by atoms with E-state index in [0.29, 0.717) is 45.1 Å². The maximum atomic E-state index is 13.5. The van der Waals surface area contributed by atoms with Gasteiger partial charge in [-0.05, 0) is 44.9 Å². The standard InChI is InChI=1S/C30H61N8O13P/c1-52(43,44)51-25-7-5-24(6-8-25)29(41)36-9-3-2-4-26(30(42)37-12-15-47-18-21-50-33)38(22-27(39)34-10-13-45-16-19-48-31)23-28(40)35-11-14-46-17-20-49-32/h24-26H,2-23,31-33H2,1H3,(H,34,39)(H,35,40)(H,36,41)(H,37,42)(H,43,44). The lowest BCUT2D eigenvalue weighted by atomic mass is 9.87. The van der Waals surface area contributed by atoms with Crippen LogP contribution in [0, 0.1) is 5.92 Å². The Kier molecular flexibility index (Phi) is 27.5. The van der Waals surface area contributed by atoms with Crippen molar-refractivity contribution in [1.82, 2.24) is 26.2 Å². The van der Waals surface area contributed by atoms with Gasteiger partial charge in [0, 0.05) is 38.8 Å². The van der Waals surface area contributed by atoms with Gasteiger partial charge in [-0.25, -0.2) is 17.7 Å². The number of amides is 4. The topological polar surface area (TPSA) is 300 Å². The number of carbonyl (C=O) groups is 4. The molecule has 1 aliphatic carbocycles.